The summed E-state index contributed by atoms with van der Waals surface area (Å²) in [5.74, 6) is 0. The van der Waals surface area contributed by atoms with Crippen molar-refractivity contribution in [2.24, 2.45) is 0 Å². The summed E-state index contributed by atoms with van der Waals surface area (Å²) in [5, 5.41) is 0. The molecule has 0 nitrogen and oxygen atoms in total. The molecule has 0 amide bonds. The van der Waals surface area contributed by atoms with Gasteiger partial charge in [0.25, 0.3) is 0 Å². The first kappa shape index (κ1) is 5.53. The highest BCUT2D eigenvalue weighted by atomic mass is 27.0. The molecule has 0 aliphatic rings. The van der Waals surface area contributed by atoms with E-state index >= 15 is 0 Å². The van der Waals surface area contributed by atoms with Gasteiger partial charge in [-0.15, -0.1) is 4.78 Å². The molecule has 1 atom stereocenters. The van der Waals surface area contributed by atoms with Crippen molar-refractivity contribution in [1.82, 2.24) is 0 Å². The van der Waals surface area contributed by atoms with Gasteiger partial charge in [0.05, 0.1) is 0 Å². The van der Waals surface area contributed by atoms with Gasteiger partial charge in [0.1, 0.15) is 16.3 Å². The van der Waals surface area contributed by atoms with Crippen LogP contribution in [0.15, 0.2) is 0 Å². The Morgan fingerprint density at radius 2 is 2.00 bits per heavy atom. The first-order valence-electron chi connectivity index (χ1n) is 2.03. The van der Waals surface area contributed by atoms with Crippen LogP contribution in [-0.4, -0.2) is 16.3 Å². The fourth-order valence-electron chi connectivity index (χ4n) is 0. The van der Waals surface area contributed by atoms with Gasteiger partial charge in [0, 0.05) is 0 Å². The monoisotopic (exact) mass is 84.1 g/mol. The van der Waals surface area contributed by atoms with Gasteiger partial charge in [-0.25, -0.2) is 0 Å². The summed E-state index contributed by atoms with van der Waals surface area (Å²) < 4.78 is 0.801. The average molecular weight is 84.1 g/mol. The molecule has 2 radical (unpaired) electrons. The second-order valence-electron chi connectivity index (χ2n) is 1.39. The molecule has 0 rings (SSSR count). The predicted octanol–water partition coefficient (Wildman–Crippen LogP) is 1.37. The van der Waals surface area contributed by atoms with Crippen molar-refractivity contribution in [3.05, 3.63) is 0 Å². The lowest BCUT2D eigenvalue weighted by Gasteiger charge is -1.91. The van der Waals surface area contributed by atoms with E-state index in [1.165, 1.54) is 6.42 Å². The summed E-state index contributed by atoms with van der Waals surface area (Å²) in [6, 6.07) is 0. The van der Waals surface area contributed by atoms with Crippen molar-refractivity contribution in [3.8, 4) is 0 Å². The van der Waals surface area contributed by atoms with E-state index in [4.69, 9.17) is 0 Å². The molecule has 0 saturated carbocycles. The van der Waals surface area contributed by atoms with Crippen LogP contribution >= 0.6 is 0 Å². The van der Waals surface area contributed by atoms with Gasteiger partial charge in [-0.3, -0.25) is 0 Å². The van der Waals surface area contributed by atoms with Crippen LogP contribution in [0.1, 0.15) is 20.3 Å². The molecule has 1 heteroatoms. The molecule has 0 bridgehead atoms. The van der Waals surface area contributed by atoms with Crippen LogP contribution in [-0.2, 0) is 0 Å². The Bertz CT molecular complexity index is 17.6. The smallest absolute Gasteiger partial charge is 0.110 e. The number of rotatable bonds is 1. The lowest BCUT2D eigenvalue weighted by Crippen LogP contribution is -1.76. The molecule has 0 aromatic carbocycles. The van der Waals surface area contributed by atoms with Crippen LogP contribution in [0.25, 0.3) is 0 Å². The first-order chi connectivity index (χ1) is 2.27. The van der Waals surface area contributed by atoms with E-state index in [0.717, 1.165) is 4.78 Å². The molecule has 0 aromatic rings. The van der Waals surface area contributed by atoms with Crippen molar-refractivity contribution < 1.29 is 0 Å². The Kier molecular flexibility index (Phi) is 3.05. The molecule has 5 heavy (non-hydrogen) atoms. The molecule has 0 N–H and O–H groups in total. The summed E-state index contributed by atoms with van der Waals surface area (Å²) in [4.78, 5) is 0. The molecule has 0 saturated heterocycles. The Hall–Kier alpha value is 0.532. The third-order valence-electron chi connectivity index (χ3n) is 0.644. The fourth-order valence-corrected chi connectivity index (χ4v) is 0. The van der Waals surface area contributed by atoms with E-state index in [1.54, 1.807) is 0 Å². The molecule has 0 aliphatic heterocycles. The van der Waals surface area contributed by atoms with Crippen molar-refractivity contribution >= 4 is 16.3 Å². The summed E-state index contributed by atoms with van der Waals surface area (Å²) >= 11 is 2.73. The fraction of sp³-hybridized carbons (Fsp3) is 1.00. The topological polar surface area (TPSA) is 0 Å². The Balaban J connectivity index is 2.54. The lowest BCUT2D eigenvalue weighted by atomic mass is 10.4. The Labute approximate surface area is 42.0 Å². The highest BCUT2D eigenvalue weighted by Gasteiger charge is 1.79. The maximum Gasteiger partial charge on any atom is 0.123 e. The largest absolute Gasteiger partial charge is 0.123 e. The van der Waals surface area contributed by atoms with Crippen LogP contribution in [0.3, 0.4) is 0 Å². The zero-order valence-electron chi connectivity index (χ0n) is 3.86. The molecule has 0 spiro atoms. The molecule has 0 heterocycles. The minimum atomic E-state index is 0.801. The SMILES string of the molecule is CC[CH](C)[Al]. The molecular weight excluding hydrogens is 75.0 g/mol. The predicted molar refractivity (Wildman–Crippen MR) is 25.5 cm³/mol. The van der Waals surface area contributed by atoms with Gasteiger partial charge < -0.3 is 0 Å². The van der Waals surface area contributed by atoms with Crippen LogP contribution in [0, 0.1) is 0 Å². The van der Waals surface area contributed by atoms with Crippen molar-refractivity contribution in [2.75, 3.05) is 0 Å². The van der Waals surface area contributed by atoms with Crippen molar-refractivity contribution in [1.29, 1.82) is 0 Å². The lowest BCUT2D eigenvalue weighted by molar-refractivity contribution is 0.880. The zero-order chi connectivity index (χ0) is 4.28. The van der Waals surface area contributed by atoms with E-state index < -0.39 is 0 Å². The second-order valence-corrected chi connectivity index (χ2v) is 2.52. The average Bonchev–Trinajstić information content (AvgIpc) is 1.38. The maximum absolute atomic E-state index is 2.73. The van der Waals surface area contributed by atoms with E-state index in [0.29, 0.717) is 0 Å². The molecular formula is C4H9Al. The highest BCUT2D eigenvalue weighted by Crippen LogP contribution is 1.97. The minimum absolute atomic E-state index is 0.801. The van der Waals surface area contributed by atoms with Gasteiger partial charge in [-0.1, -0.05) is 20.3 Å². The second kappa shape index (κ2) is 2.75. The molecule has 0 aromatic heterocycles. The first-order valence-corrected chi connectivity index (χ1v) is 2.69. The standard InChI is InChI=1S/C4H9.Al/c1-3-4-2;/h3H,4H2,1-2H3;. The maximum atomic E-state index is 2.73. The quantitative estimate of drug-likeness (QED) is 0.421. The summed E-state index contributed by atoms with van der Waals surface area (Å²) in [6.07, 6.45) is 1.27. The molecule has 1 unspecified atom stereocenters. The summed E-state index contributed by atoms with van der Waals surface area (Å²) in [7, 11) is 0. The highest BCUT2D eigenvalue weighted by molar-refractivity contribution is 6.11. The van der Waals surface area contributed by atoms with E-state index in [-0.39, 0.29) is 0 Å². The molecule has 28 valence electrons. The zero-order valence-corrected chi connectivity index (χ0v) is 5.02. The van der Waals surface area contributed by atoms with Gasteiger partial charge in [0.15, 0.2) is 0 Å². The van der Waals surface area contributed by atoms with Crippen molar-refractivity contribution in [2.45, 2.75) is 25.0 Å². The van der Waals surface area contributed by atoms with Crippen LogP contribution < -0.4 is 0 Å². The molecule has 0 fully saturated rings. The third-order valence-corrected chi connectivity index (χ3v) is 1.12. The van der Waals surface area contributed by atoms with Gasteiger partial charge in [-0.2, -0.15) is 0 Å². The minimum Gasteiger partial charge on any atom is -0.110 e. The van der Waals surface area contributed by atoms with Crippen LogP contribution in [0.2, 0.25) is 4.78 Å². The van der Waals surface area contributed by atoms with E-state index in [1.807, 2.05) is 0 Å². The number of hydrogen-bond donors (Lipinski definition) is 0. The summed E-state index contributed by atoms with van der Waals surface area (Å²) in [5.41, 5.74) is 0. The van der Waals surface area contributed by atoms with E-state index in [2.05, 4.69) is 30.1 Å². The van der Waals surface area contributed by atoms with Crippen LogP contribution in [0.5, 0.6) is 0 Å². The van der Waals surface area contributed by atoms with Crippen molar-refractivity contribution in [3.63, 3.8) is 0 Å². The normalized spacial score (nSPS) is 14.8. The van der Waals surface area contributed by atoms with Crippen LogP contribution in [0.4, 0.5) is 0 Å². The van der Waals surface area contributed by atoms with Gasteiger partial charge >= 0.3 is 0 Å². The van der Waals surface area contributed by atoms with Gasteiger partial charge in [-0.05, 0) is 0 Å². The Morgan fingerprint density at radius 3 is 2.00 bits per heavy atom. The Morgan fingerprint density at radius 1 is 1.80 bits per heavy atom. The van der Waals surface area contributed by atoms with E-state index in [9.17, 15) is 0 Å². The third kappa shape index (κ3) is 4.53. The number of hydrogen-bond acceptors (Lipinski definition) is 0. The summed E-state index contributed by atoms with van der Waals surface area (Å²) in [6.45, 7) is 4.36. The van der Waals surface area contributed by atoms with Gasteiger partial charge in [0.2, 0.25) is 0 Å². The molecule has 0 aliphatic carbocycles.